The highest BCUT2D eigenvalue weighted by Gasteiger charge is 2.20. The summed E-state index contributed by atoms with van der Waals surface area (Å²) in [5, 5.41) is 0. The summed E-state index contributed by atoms with van der Waals surface area (Å²) in [5.74, 6) is -1.62. The van der Waals surface area contributed by atoms with Crippen molar-refractivity contribution in [3.05, 3.63) is 29.6 Å². The van der Waals surface area contributed by atoms with Gasteiger partial charge < -0.3 is 10.5 Å². The van der Waals surface area contributed by atoms with Crippen LogP contribution in [0.5, 0.6) is 0 Å². The largest absolute Gasteiger partial charge is 0.462 e. The predicted molar refractivity (Wildman–Crippen MR) is 71.2 cm³/mol. The number of carbonyl (C=O) groups is 1. The van der Waals surface area contributed by atoms with Crippen LogP contribution in [0.15, 0.2) is 23.1 Å². The minimum absolute atomic E-state index is 0.0965. The number of esters is 1. The maximum atomic E-state index is 13.5. The number of hydrogen-bond donors (Lipinski definition) is 2. The molecular formula is C12H17FN2O4S. The van der Waals surface area contributed by atoms with Crippen molar-refractivity contribution in [1.29, 1.82) is 0 Å². The molecule has 0 aromatic heterocycles. The Hall–Kier alpha value is -1.51. The average Bonchev–Trinajstić information content (AvgIpc) is 2.37. The Morgan fingerprint density at radius 1 is 1.45 bits per heavy atom. The Labute approximate surface area is 117 Å². The molecule has 0 aliphatic carbocycles. The van der Waals surface area contributed by atoms with Crippen molar-refractivity contribution in [2.24, 2.45) is 5.73 Å². The summed E-state index contributed by atoms with van der Waals surface area (Å²) in [4.78, 5) is 11.2. The summed E-state index contributed by atoms with van der Waals surface area (Å²) in [6, 6.07) is 2.30. The third kappa shape index (κ3) is 4.26. The molecule has 3 N–H and O–H groups in total. The lowest BCUT2D eigenvalue weighted by Gasteiger charge is -2.12. The molecule has 0 aliphatic heterocycles. The minimum atomic E-state index is -3.94. The van der Waals surface area contributed by atoms with E-state index in [1.807, 2.05) is 0 Å². The van der Waals surface area contributed by atoms with E-state index < -0.39 is 27.9 Å². The van der Waals surface area contributed by atoms with Crippen molar-refractivity contribution in [2.75, 3.05) is 13.2 Å². The molecule has 1 atom stereocenters. The summed E-state index contributed by atoms with van der Waals surface area (Å²) in [7, 11) is -3.94. The van der Waals surface area contributed by atoms with Gasteiger partial charge in [-0.1, -0.05) is 0 Å². The maximum absolute atomic E-state index is 13.5. The second-order valence-corrected chi connectivity index (χ2v) is 5.87. The van der Waals surface area contributed by atoms with Gasteiger partial charge in [0, 0.05) is 12.6 Å². The van der Waals surface area contributed by atoms with E-state index in [0.717, 1.165) is 18.2 Å². The zero-order valence-electron chi connectivity index (χ0n) is 11.2. The van der Waals surface area contributed by atoms with Crippen LogP contribution in [0, 0.1) is 5.82 Å². The maximum Gasteiger partial charge on any atom is 0.338 e. The van der Waals surface area contributed by atoms with Crippen LogP contribution in [0.3, 0.4) is 0 Å². The van der Waals surface area contributed by atoms with Crippen LogP contribution in [0.25, 0.3) is 0 Å². The molecule has 6 nitrogen and oxygen atoms in total. The molecular weight excluding hydrogens is 287 g/mol. The third-order valence-corrected chi connectivity index (χ3v) is 3.97. The molecule has 0 unspecified atom stereocenters. The summed E-state index contributed by atoms with van der Waals surface area (Å²) in [6.07, 6.45) is 0. The Morgan fingerprint density at radius 3 is 2.65 bits per heavy atom. The van der Waals surface area contributed by atoms with E-state index in [0.29, 0.717) is 0 Å². The lowest BCUT2D eigenvalue weighted by molar-refractivity contribution is 0.0525. The van der Waals surface area contributed by atoms with Gasteiger partial charge in [0.1, 0.15) is 5.82 Å². The standard InChI is InChI=1S/C12H17FN2O4S/c1-3-19-12(16)9-4-10(13)6-11(5-9)20(17,18)15-8(2)7-14/h4-6,8,15H,3,7,14H2,1-2H3/t8-/m0/s1. The van der Waals surface area contributed by atoms with Crippen molar-refractivity contribution < 1.29 is 22.3 Å². The normalized spacial score (nSPS) is 13.0. The summed E-state index contributed by atoms with van der Waals surface area (Å²) < 4.78 is 44.4. The Kier molecular flexibility index (Phi) is 5.61. The molecule has 0 aliphatic rings. The van der Waals surface area contributed by atoms with Crippen molar-refractivity contribution in [1.82, 2.24) is 4.72 Å². The molecule has 8 heteroatoms. The van der Waals surface area contributed by atoms with E-state index >= 15 is 0 Å². The van der Waals surface area contributed by atoms with Crippen LogP contribution in [0.1, 0.15) is 24.2 Å². The lowest BCUT2D eigenvalue weighted by atomic mass is 10.2. The number of hydrogen-bond acceptors (Lipinski definition) is 5. The molecule has 1 rings (SSSR count). The van der Waals surface area contributed by atoms with Crippen LogP contribution >= 0.6 is 0 Å². The number of ether oxygens (including phenoxy) is 1. The summed E-state index contributed by atoms with van der Waals surface area (Å²) in [6.45, 7) is 3.38. The van der Waals surface area contributed by atoms with Crippen LogP contribution < -0.4 is 10.5 Å². The van der Waals surface area contributed by atoms with Crippen molar-refractivity contribution in [3.63, 3.8) is 0 Å². The highest BCUT2D eigenvalue weighted by atomic mass is 32.2. The lowest BCUT2D eigenvalue weighted by Crippen LogP contribution is -2.37. The van der Waals surface area contributed by atoms with Crippen LogP contribution in [-0.2, 0) is 14.8 Å². The molecule has 112 valence electrons. The number of benzene rings is 1. The fourth-order valence-corrected chi connectivity index (χ4v) is 2.74. The summed E-state index contributed by atoms with van der Waals surface area (Å²) >= 11 is 0. The number of nitrogens with two attached hydrogens (primary N) is 1. The molecule has 0 bridgehead atoms. The van der Waals surface area contributed by atoms with Crippen LogP contribution in [-0.4, -0.2) is 33.6 Å². The van der Waals surface area contributed by atoms with Gasteiger partial charge in [-0.15, -0.1) is 0 Å². The zero-order valence-corrected chi connectivity index (χ0v) is 12.0. The van der Waals surface area contributed by atoms with Crippen molar-refractivity contribution in [2.45, 2.75) is 24.8 Å². The van der Waals surface area contributed by atoms with Gasteiger partial charge >= 0.3 is 5.97 Å². The van der Waals surface area contributed by atoms with E-state index in [-0.39, 0.29) is 23.6 Å². The van der Waals surface area contributed by atoms with Gasteiger partial charge in [-0.2, -0.15) is 0 Å². The summed E-state index contributed by atoms with van der Waals surface area (Å²) in [5.41, 5.74) is 5.17. The molecule has 0 saturated carbocycles. The van der Waals surface area contributed by atoms with Gasteiger partial charge in [-0.05, 0) is 32.0 Å². The number of rotatable bonds is 6. The number of carbonyl (C=O) groups excluding carboxylic acids is 1. The zero-order chi connectivity index (χ0) is 15.3. The first-order chi connectivity index (χ1) is 9.30. The first-order valence-electron chi connectivity index (χ1n) is 6.00. The van der Waals surface area contributed by atoms with Gasteiger partial charge in [-0.25, -0.2) is 22.3 Å². The quantitative estimate of drug-likeness (QED) is 0.751. The van der Waals surface area contributed by atoms with E-state index in [1.54, 1.807) is 13.8 Å². The Balaban J connectivity index is 3.16. The predicted octanol–water partition coefficient (Wildman–Crippen LogP) is 0.628. The number of nitrogens with one attached hydrogen (secondary N) is 1. The van der Waals surface area contributed by atoms with Crippen LogP contribution in [0.4, 0.5) is 4.39 Å². The average molecular weight is 304 g/mol. The highest BCUT2D eigenvalue weighted by Crippen LogP contribution is 2.15. The smallest absolute Gasteiger partial charge is 0.338 e. The molecule has 0 heterocycles. The van der Waals surface area contributed by atoms with Crippen molar-refractivity contribution >= 4 is 16.0 Å². The first kappa shape index (κ1) is 16.5. The first-order valence-corrected chi connectivity index (χ1v) is 7.48. The topological polar surface area (TPSA) is 98.5 Å². The molecule has 1 aromatic rings. The van der Waals surface area contributed by atoms with E-state index in [2.05, 4.69) is 4.72 Å². The molecule has 0 radical (unpaired) electrons. The van der Waals surface area contributed by atoms with Crippen LogP contribution in [0.2, 0.25) is 0 Å². The monoisotopic (exact) mass is 304 g/mol. The minimum Gasteiger partial charge on any atom is -0.462 e. The third-order valence-electron chi connectivity index (χ3n) is 2.40. The fourth-order valence-electron chi connectivity index (χ4n) is 1.43. The SMILES string of the molecule is CCOC(=O)c1cc(F)cc(S(=O)(=O)N[C@@H](C)CN)c1. The van der Waals surface area contributed by atoms with E-state index in [4.69, 9.17) is 10.5 Å². The second-order valence-electron chi connectivity index (χ2n) is 4.15. The second kappa shape index (κ2) is 6.78. The van der Waals surface area contributed by atoms with Gasteiger partial charge in [0.2, 0.25) is 10.0 Å². The van der Waals surface area contributed by atoms with Gasteiger partial charge in [0.05, 0.1) is 17.1 Å². The fraction of sp³-hybridized carbons (Fsp3) is 0.417. The van der Waals surface area contributed by atoms with E-state index in [9.17, 15) is 17.6 Å². The Bertz CT molecular complexity index is 589. The molecule has 0 amide bonds. The molecule has 0 fully saturated rings. The number of halogens is 1. The number of sulfonamides is 1. The Morgan fingerprint density at radius 2 is 2.10 bits per heavy atom. The van der Waals surface area contributed by atoms with Crippen molar-refractivity contribution in [3.8, 4) is 0 Å². The molecule has 1 aromatic carbocycles. The van der Waals surface area contributed by atoms with Gasteiger partial charge in [-0.3, -0.25) is 0 Å². The van der Waals surface area contributed by atoms with E-state index in [1.165, 1.54) is 0 Å². The molecule has 20 heavy (non-hydrogen) atoms. The van der Waals surface area contributed by atoms with Gasteiger partial charge in [0.15, 0.2) is 0 Å². The molecule has 0 saturated heterocycles. The van der Waals surface area contributed by atoms with Gasteiger partial charge in [0.25, 0.3) is 0 Å². The molecule has 0 spiro atoms. The highest BCUT2D eigenvalue weighted by molar-refractivity contribution is 7.89.